The maximum Gasteiger partial charge on any atom is 0.411 e. The Bertz CT molecular complexity index is 1320. The molecule has 2 heterocycles. The molecule has 1 fully saturated rings. The van der Waals surface area contributed by atoms with E-state index in [9.17, 15) is 14.4 Å². The number of ether oxygens (including phenoxy) is 2. The molecule has 4 rings (SSSR count). The predicted molar refractivity (Wildman–Crippen MR) is 133 cm³/mol. The first kappa shape index (κ1) is 24.5. The van der Waals surface area contributed by atoms with Gasteiger partial charge in [-0.3, -0.25) is 4.90 Å². The zero-order valence-electron chi connectivity index (χ0n) is 20.8. The van der Waals surface area contributed by atoms with Crippen molar-refractivity contribution in [3.05, 3.63) is 75.1 Å². The Hall–Kier alpha value is -3.61. The van der Waals surface area contributed by atoms with Gasteiger partial charge in [0.25, 0.3) is 0 Å². The van der Waals surface area contributed by atoms with Gasteiger partial charge in [0.05, 0.1) is 0 Å². The van der Waals surface area contributed by atoms with E-state index >= 15 is 0 Å². The van der Waals surface area contributed by atoms with Crippen molar-refractivity contribution in [1.29, 1.82) is 0 Å². The minimum absolute atomic E-state index is 0.303. The first-order valence-electron chi connectivity index (χ1n) is 11.9. The van der Waals surface area contributed by atoms with Crippen molar-refractivity contribution >= 4 is 23.0 Å². The fraction of sp³-hybridized carbons (Fsp3) is 0.393. The summed E-state index contributed by atoms with van der Waals surface area (Å²) in [7, 11) is 0. The number of hydrogen-bond donors (Lipinski definition) is 0. The minimum atomic E-state index is -0.720. The number of esters is 1. The van der Waals surface area contributed by atoms with Gasteiger partial charge in [0.15, 0.2) is 0 Å². The molecule has 7 heteroatoms. The molecule has 1 atom stereocenters. The maximum absolute atomic E-state index is 13.0. The molecular formula is C28H31NO6. The molecule has 2 aromatic carbocycles. The zero-order valence-corrected chi connectivity index (χ0v) is 20.8. The molecule has 0 radical (unpaired) electrons. The van der Waals surface area contributed by atoms with E-state index in [0.29, 0.717) is 48.3 Å². The van der Waals surface area contributed by atoms with Gasteiger partial charge in [0, 0.05) is 29.5 Å². The van der Waals surface area contributed by atoms with Crippen molar-refractivity contribution < 1.29 is 23.5 Å². The maximum atomic E-state index is 13.0. The van der Waals surface area contributed by atoms with Gasteiger partial charge < -0.3 is 13.9 Å². The SMILES string of the molecule is Cc1c(Cc2ccccc2)c(=O)oc2c(C)c(OC(=O)[C@H]3CCCN3C(=O)OC(C)(C)C)ccc12. The number of likely N-dealkylation sites (tertiary alicyclic amines) is 1. The monoisotopic (exact) mass is 477 g/mol. The molecule has 0 saturated carbocycles. The quantitative estimate of drug-likeness (QED) is 0.288. The van der Waals surface area contributed by atoms with Crippen LogP contribution in [0.25, 0.3) is 11.0 Å². The highest BCUT2D eigenvalue weighted by atomic mass is 16.6. The summed E-state index contributed by atoms with van der Waals surface area (Å²) in [4.78, 5) is 39.8. The van der Waals surface area contributed by atoms with Crippen LogP contribution in [0.5, 0.6) is 5.75 Å². The molecule has 1 aliphatic heterocycles. The smallest absolute Gasteiger partial charge is 0.411 e. The van der Waals surface area contributed by atoms with E-state index in [-0.39, 0.29) is 0 Å². The van der Waals surface area contributed by atoms with E-state index < -0.39 is 29.3 Å². The highest BCUT2D eigenvalue weighted by molar-refractivity contribution is 5.88. The predicted octanol–water partition coefficient (Wildman–Crippen LogP) is 5.31. The van der Waals surface area contributed by atoms with Gasteiger partial charge >= 0.3 is 17.7 Å². The number of carbonyl (C=O) groups is 2. The average Bonchev–Trinajstić information content (AvgIpc) is 3.29. The van der Waals surface area contributed by atoms with Crippen molar-refractivity contribution in [2.24, 2.45) is 0 Å². The van der Waals surface area contributed by atoms with E-state index in [4.69, 9.17) is 13.9 Å². The number of nitrogens with zero attached hydrogens (tertiary/aromatic N) is 1. The molecule has 0 spiro atoms. The fourth-order valence-corrected chi connectivity index (χ4v) is 4.41. The largest absolute Gasteiger partial charge is 0.444 e. The summed E-state index contributed by atoms with van der Waals surface area (Å²) in [5, 5.41) is 0.795. The minimum Gasteiger partial charge on any atom is -0.444 e. The standard InChI is InChI=1S/C28H31NO6/c1-17-20-13-14-23(33-26(31)22-12-9-15-29(22)27(32)35-28(3,4)5)18(2)24(20)34-25(30)21(17)16-19-10-7-6-8-11-19/h6-8,10-11,13-14,22H,9,12,15-16H2,1-5H3/t22-/m1/s1. The van der Waals surface area contributed by atoms with Gasteiger partial charge in [-0.25, -0.2) is 14.4 Å². The van der Waals surface area contributed by atoms with Crippen molar-refractivity contribution in [2.45, 2.75) is 65.5 Å². The van der Waals surface area contributed by atoms with Gasteiger partial charge in [-0.15, -0.1) is 0 Å². The molecule has 0 N–H and O–H groups in total. The molecule has 184 valence electrons. The highest BCUT2D eigenvalue weighted by Gasteiger charge is 2.38. The van der Waals surface area contributed by atoms with Crippen LogP contribution < -0.4 is 10.4 Å². The molecule has 0 bridgehead atoms. The number of benzene rings is 2. The summed E-state index contributed by atoms with van der Waals surface area (Å²) < 4.78 is 16.9. The Kier molecular flexibility index (Phi) is 6.70. The Morgan fingerprint density at radius 3 is 2.46 bits per heavy atom. The number of fused-ring (bicyclic) bond motifs is 1. The van der Waals surface area contributed by atoms with Crippen LogP contribution in [0.3, 0.4) is 0 Å². The Morgan fingerprint density at radius 1 is 1.06 bits per heavy atom. The van der Waals surface area contributed by atoms with Gasteiger partial charge in [-0.1, -0.05) is 30.3 Å². The topological polar surface area (TPSA) is 86.0 Å². The molecule has 35 heavy (non-hydrogen) atoms. The third kappa shape index (κ3) is 5.24. The molecule has 0 unspecified atom stereocenters. The lowest BCUT2D eigenvalue weighted by Crippen LogP contribution is -2.44. The van der Waals surface area contributed by atoms with Crippen molar-refractivity contribution in [2.75, 3.05) is 6.54 Å². The number of carbonyl (C=O) groups excluding carboxylic acids is 2. The van der Waals surface area contributed by atoms with Gasteiger partial charge in [-0.2, -0.15) is 0 Å². The van der Waals surface area contributed by atoms with Crippen LogP contribution in [0.4, 0.5) is 4.79 Å². The number of rotatable bonds is 4. The van der Waals surface area contributed by atoms with Crippen molar-refractivity contribution in [1.82, 2.24) is 4.90 Å². The molecule has 1 amide bonds. The number of aryl methyl sites for hydroxylation is 2. The summed E-state index contributed by atoms with van der Waals surface area (Å²) in [6, 6.07) is 12.5. The van der Waals surface area contributed by atoms with E-state index in [1.165, 1.54) is 4.90 Å². The van der Waals surface area contributed by atoms with Crippen LogP contribution in [-0.4, -0.2) is 35.2 Å². The molecule has 3 aromatic rings. The Balaban J connectivity index is 1.59. The first-order chi connectivity index (χ1) is 16.5. The lowest BCUT2D eigenvalue weighted by molar-refractivity contribution is -0.139. The van der Waals surface area contributed by atoms with Crippen LogP contribution in [-0.2, 0) is 16.0 Å². The summed E-state index contributed by atoms with van der Waals surface area (Å²) >= 11 is 0. The second kappa shape index (κ2) is 9.56. The van der Waals surface area contributed by atoms with Gasteiger partial charge in [0.1, 0.15) is 23.0 Å². The highest BCUT2D eigenvalue weighted by Crippen LogP contribution is 2.31. The van der Waals surface area contributed by atoms with Crippen molar-refractivity contribution in [3.8, 4) is 5.75 Å². The Morgan fingerprint density at radius 2 is 1.77 bits per heavy atom. The van der Waals surface area contributed by atoms with E-state index in [1.807, 2.05) is 37.3 Å². The van der Waals surface area contributed by atoms with Gasteiger partial charge in [0.2, 0.25) is 0 Å². The lowest BCUT2D eigenvalue weighted by Gasteiger charge is -2.27. The summed E-state index contributed by atoms with van der Waals surface area (Å²) in [6.07, 6.45) is 1.14. The first-order valence-corrected chi connectivity index (χ1v) is 11.9. The third-order valence-electron chi connectivity index (χ3n) is 6.24. The molecule has 1 aliphatic rings. The lowest BCUT2D eigenvalue weighted by atomic mass is 9.98. The second-order valence-corrected chi connectivity index (χ2v) is 9.97. The fourth-order valence-electron chi connectivity index (χ4n) is 4.41. The van der Waals surface area contributed by atoms with Crippen LogP contribution in [0.2, 0.25) is 0 Å². The molecular weight excluding hydrogens is 446 g/mol. The van der Waals surface area contributed by atoms with E-state index in [1.54, 1.807) is 39.8 Å². The average molecular weight is 478 g/mol. The van der Waals surface area contributed by atoms with Crippen molar-refractivity contribution in [3.63, 3.8) is 0 Å². The zero-order chi connectivity index (χ0) is 25.3. The van der Waals surface area contributed by atoms with Crippen LogP contribution in [0.1, 0.15) is 55.9 Å². The number of hydrogen-bond acceptors (Lipinski definition) is 6. The summed E-state index contributed by atoms with van der Waals surface area (Å²) in [5.41, 5.74) is 2.36. The summed E-state index contributed by atoms with van der Waals surface area (Å²) in [6.45, 7) is 9.45. The third-order valence-corrected chi connectivity index (χ3v) is 6.24. The normalized spacial score (nSPS) is 15.9. The molecule has 7 nitrogen and oxygen atoms in total. The molecule has 1 saturated heterocycles. The van der Waals surface area contributed by atoms with Crippen LogP contribution in [0, 0.1) is 13.8 Å². The second-order valence-electron chi connectivity index (χ2n) is 9.97. The van der Waals surface area contributed by atoms with Crippen LogP contribution >= 0.6 is 0 Å². The van der Waals surface area contributed by atoms with E-state index in [2.05, 4.69) is 0 Å². The summed E-state index contributed by atoms with van der Waals surface area (Å²) in [5.74, 6) is -0.229. The van der Waals surface area contributed by atoms with E-state index in [0.717, 1.165) is 16.5 Å². The van der Waals surface area contributed by atoms with Gasteiger partial charge in [-0.05, 0) is 70.7 Å². The number of amides is 1. The molecule has 0 aliphatic carbocycles. The molecule has 1 aromatic heterocycles. The van der Waals surface area contributed by atoms with Crippen LogP contribution in [0.15, 0.2) is 51.7 Å². The Labute approximate surface area is 204 Å².